The molecule has 1 fully saturated rings. The van der Waals surface area contributed by atoms with Crippen molar-refractivity contribution in [3.8, 4) is 6.07 Å². The molecule has 2 rings (SSSR count). The summed E-state index contributed by atoms with van der Waals surface area (Å²) in [5, 5.41) is 11.7. The molecule has 8 heteroatoms. The number of carbonyl (C=O) groups excluding carboxylic acids is 1. The molecule has 0 aliphatic carbocycles. The van der Waals surface area contributed by atoms with Gasteiger partial charge in [-0.2, -0.15) is 22.3 Å². The Labute approximate surface area is 136 Å². The zero-order chi connectivity index (χ0) is 17.0. The summed E-state index contributed by atoms with van der Waals surface area (Å²) in [5.41, 5.74) is 1.06. The second kappa shape index (κ2) is 7.08. The minimum Gasteiger partial charge on any atom is -0.326 e. The van der Waals surface area contributed by atoms with Crippen molar-refractivity contribution >= 4 is 21.8 Å². The van der Waals surface area contributed by atoms with Gasteiger partial charge in [0, 0.05) is 38.8 Å². The van der Waals surface area contributed by atoms with Gasteiger partial charge in [0.15, 0.2) is 0 Å². The van der Waals surface area contributed by atoms with Gasteiger partial charge in [-0.1, -0.05) is 6.07 Å². The summed E-state index contributed by atoms with van der Waals surface area (Å²) in [5.74, 6) is -0.364. The molecule has 7 nitrogen and oxygen atoms in total. The van der Waals surface area contributed by atoms with Crippen LogP contribution in [0.25, 0.3) is 0 Å². The molecule has 0 atom stereocenters. The Bertz CT molecular complexity index is 716. The van der Waals surface area contributed by atoms with E-state index in [0.717, 1.165) is 0 Å². The van der Waals surface area contributed by atoms with Crippen LogP contribution in [0.1, 0.15) is 18.4 Å². The van der Waals surface area contributed by atoms with E-state index < -0.39 is 10.2 Å². The lowest BCUT2D eigenvalue weighted by atomic mass is 9.97. The fourth-order valence-corrected chi connectivity index (χ4v) is 3.62. The first-order chi connectivity index (χ1) is 10.8. The van der Waals surface area contributed by atoms with E-state index in [9.17, 15) is 13.2 Å². The molecule has 0 spiro atoms. The van der Waals surface area contributed by atoms with Gasteiger partial charge in [-0.15, -0.1) is 0 Å². The summed E-state index contributed by atoms with van der Waals surface area (Å²) in [6.07, 6.45) is 0.966. The molecule has 1 aliphatic heterocycles. The minimum atomic E-state index is -3.42. The van der Waals surface area contributed by atoms with Crippen LogP contribution in [0, 0.1) is 17.2 Å². The Kier molecular flexibility index (Phi) is 5.36. The van der Waals surface area contributed by atoms with Gasteiger partial charge in [-0.3, -0.25) is 4.79 Å². The summed E-state index contributed by atoms with van der Waals surface area (Å²) < 4.78 is 26.7. The monoisotopic (exact) mass is 336 g/mol. The van der Waals surface area contributed by atoms with Gasteiger partial charge < -0.3 is 5.32 Å². The van der Waals surface area contributed by atoms with Gasteiger partial charge >= 0.3 is 0 Å². The van der Waals surface area contributed by atoms with Crippen molar-refractivity contribution in [3.05, 3.63) is 29.8 Å². The molecule has 0 aromatic heterocycles. The lowest BCUT2D eigenvalue weighted by molar-refractivity contribution is -0.120. The third-order valence-corrected chi connectivity index (χ3v) is 5.81. The van der Waals surface area contributed by atoms with Gasteiger partial charge in [0.1, 0.15) is 0 Å². The molecular formula is C15H20N4O3S. The molecule has 0 bridgehead atoms. The molecule has 23 heavy (non-hydrogen) atoms. The van der Waals surface area contributed by atoms with Crippen LogP contribution in [-0.2, 0) is 15.0 Å². The SMILES string of the molecule is CN(C)S(=O)(=O)N1CCC(C(=O)Nc2cccc(C#N)c2)CC1. The van der Waals surface area contributed by atoms with Crippen LogP contribution in [0.2, 0.25) is 0 Å². The van der Waals surface area contributed by atoms with Crippen molar-refractivity contribution in [1.29, 1.82) is 5.26 Å². The Morgan fingerprint density at radius 2 is 2.00 bits per heavy atom. The highest BCUT2D eigenvalue weighted by atomic mass is 32.2. The number of amides is 1. The molecule has 1 amide bonds. The first-order valence-corrected chi connectivity index (χ1v) is 8.73. The summed E-state index contributed by atoms with van der Waals surface area (Å²) in [6, 6.07) is 8.74. The van der Waals surface area contributed by atoms with E-state index in [2.05, 4.69) is 5.32 Å². The normalized spacial score (nSPS) is 17.0. The second-order valence-corrected chi connectivity index (χ2v) is 7.79. The molecule has 1 heterocycles. The Morgan fingerprint density at radius 1 is 1.35 bits per heavy atom. The average molecular weight is 336 g/mol. The molecule has 0 unspecified atom stereocenters. The lowest BCUT2D eigenvalue weighted by Crippen LogP contribution is -2.46. The number of nitrogens with zero attached hydrogens (tertiary/aromatic N) is 3. The summed E-state index contributed by atoms with van der Waals surface area (Å²) in [7, 11) is -0.425. The topological polar surface area (TPSA) is 93.5 Å². The highest BCUT2D eigenvalue weighted by Gasteiger charge is 2.32. The highest BCUT2D eigenvalue weighted by molar-refractivity contribution is 7.86. The third-order valence-electron chi connectivity index (χ3n) is 3.87. The Balaban J connectivity index is 1.95. The number of piperidine rings is 1. The fraction of sp³-hybridized carbons (Fsp3) is 0.467. The van der Waals surface area contributed by atoms with Crippen molar-refractivity contribution in [2.75, 3.05) is 32.5 Å². The number of hydrogen-bond donors (Lipinski definition) is 1. The Morgan fingerprint density at radius 3 is 2.57 bits per heavy atom. The smallest absolute Gasteiger partial charge is 0.281 e. The molecule has 0 radical (unpaired) electrons. The van der Waals surface area contributed by atoms with Gasteiger partial charge in [-0.25, -0.2) is 0 Å². The summed E-state index contributed by atoms with van der Waals surface area (Å²) in [4.78, 5) is 12.3. The average Bonchev–Trinajstić information content (AvgIpc) is 2.55. The molecule has 1 aliphatic rings. The largest absolute Gasteiger partial charge is 0.326 e. The highest BCUT2D eigenvalue weighted by Crippen LogP contribution is 2.22. The quantitative estimate of drug-likeness (QED) is 0.888. The van der Waals surface area contributed by atoms with E-state index in [1.165, 1.54) is 22.7 Å². The summed E-state index contributed by atoms with van der Waals surface area (Å²) in [6.45, 7) is 0.660. The number of rotatable bonds is 4. The maximum absolute atomic E-state index is 12.3. The first kappa shape index (κ1) is 17.4. The predicted octanol–water partition coefficient (Wildman–Crippen LogP) is 1.02. The predicted molar refractivity (Wildman–Crippen MR) is 86.7 cm³/mol. The number of hydrogen-bond acceptors (Lipinski definition) is 4. The fourth-order valence-electron chi connectivity index (χ4n) is 2.49. The van der Waals surface area contributed by atoms with Crippen molar-refractivity contribution in [2.45, 2.75) is 12.8 Å². The number of benzene rings is 1. The number of anilines is 1. The van der Waals surface area contributed by atoms with E-state index >= 15 is 0 Å². The van der Waals surface area contributed by atoms with Crippen LogP contribution in [0.4, 0.5) is 5.69 Å². The zero-order valence-corrected chi connectivity index (χ0v) is 14.0. The van der Waals surface area contributed by atoms with Crippen LogP contribution in [-0.4, -0.2) is 50.1 Å². The van der Waals surface area contributed by atoms with Crippen LogP contribution >= 0.6 is 0 Å². The molecule has 1 N–H and O–H groups in total. The van der Waals surface area contributed by atoms with Gasteiger partial charge in [0.05, 0.1) is 11.6 Å². The zero-order valence-electron chi connectivity index (χ0n) is 13.2. The van der Waals surface area contributed by atoms with Gasteiger partial charge in [-0.05, 0) is 31.0 Å². The minimum absolute atomic E-state index is 0.137. The molecule has 124 valence electrons. The number of nitriles is 1. The first-order valence-electron chi connectivity index (χ1n) is 7.33. The maximum atomic E-state index is 12.3. The Hall–Kier alpha value is -1.95. The lowest BCUT2D eigenvalue weighted by Gasteiger charge is -2.32. The maximum Gasteiger partial charge on any atom is 0.281 e. The standard InChI is InChI=1S/C15H20N4O3S/c1-18(2)23(21,22)19-8-6-13(7-9-19)15(20)17-14-5-3-4-12(10-14)11-16/h3-5,10,13H,6-9H2,1-2H3,(H,17,20). The van der Waals surface area contributed by atoms with Crippen molar-refractivity contribution < 1.29 is 13.2 Å². The molecule has 1 saturated heterocycles. The van der Waals surface area contributed by atoms with Crippen LogP contribution in [0.15, 0.2) is 24.3 Å². The second-order valence-electron chi connectivity index (χ2n) is 5.65. The van der Waals surface area contributed by atoms with Crippen LogP contribution < -0.4 is 5.32 Å². The van der Waals surface area contributed by atoms with E-state index in [1.807, 2.05) is 6.07 Å². The van der Waals surface area contributed by atoms with E-state index in [1.54, 1.807) is 24.3 Å². The van der Waals surface area contributed by atoms with E-state index in [0.29, 0.717) is 37.2 Å². The van der Waals surface area contributed by atoms with Crippen LogP contribution in [0.5, 0.6) is 0 Å². The molecule has 1 aromatic carbocycles. The van der Waals surface area contributed by atoms with E-state index in [-0.39, 0.29) is 11.8 Å². The molecule has 1 aromatic rings. The molecular weight excluding hydrogens is 316 g/mol. The van der Waals surface area contributed by atoms with Crippen molar-refractivity contribution in [2.24, 2.45) is 5.92 Å². The van der Waals surface area contributed by atoms with E-state index in [4.69, 9.17) is 5.26 Å². The van der Waals surface area contributed by atoms with Crippen LogP contribution in [0.3, 0.4) is 0 Å². The number of nitrogens with one attached hydrogen (secondary N) is 1. The third kappa shape index (κ3) is 4.07. The number of carbonyl (C=O) groups is 1. The van der Waals surface area contributed by atoms with Crippen molar-refractivity contribution in [1.82, 2.24) is 8.61 Å². The molecule has 0 saturated carbocycles. The van der Waals surface area contributed by atoms with Crippen molar-refractivity contribution in [3.63, 3.8) is 0 Å². The summed E-state index contributed by atoms with van der Waals surface area (Å²) >= 11 is 0. The van der Waals surface area contributed by atoms with Gasteiger partial charge in [0.25, 0.3) is 10.2 Å². The van der Waals surface area contributed by atoms with Gasteiger partial charge in [0.2, 0.25) is 5.91 Å².